The van der Waals surface area contributed by atoms with E-state index in [1.807, 2.05) is 13.8 Å². The van der Waals surface area contributed by atoms with Gasteiger partial charge in [0.2, 0.25) is 5.91 Å². The number of benzene rings is 1. The molecule has 0 aromatic heterocycles. The topological polar surface area (TPSA) is 29.1 Å². The fraction of sp³-hybridized carbons (Fsp3) is 0.300. The molecule has 74 valence electrons. The van der Waals surface area contributed by atoms with Gasteiger partial charge in [0.05, 0.1) is 15.6 Å². The van der Waals surface area contributed by atoms with E-state index >= 15 is 0 Å². The predicted molar refractivity (Wildman–Crippen MR) is 55.8 cm³/mol. The SMILES string of the molecule is CC1(C)C(=O)Nc2c1ccc(F)c2Br. The Labute approximate surface area is 89.6 Å². The van der Waals surface area contributed by atoms with E-state index in [0.29, 0.717) is 10.2 Å². The van der Waals surface area contributed by atoms with Crippen molar-refractivity contribution in [1.29, 1.82) is 0 Å². The molecule has 14 heavy (non-hydrogen) atoms. The monoisotopic (exact) mass is 257 g/mol. The van der Waals surface area contributed by atoms with Gasteiger partial charge in [0.25, 0.3) is 0 Å². The van der Waals surface area contributed by atoms with E-state index in [1.165, 1.54) is 6.07 Å². The van der Waals surface area contributed by atoms with Gasteiger partial charge in [-0.05, 0) is 41.4 Å². The summed E-state index contributed by atoms with van der Waals surface area (Å²) in [5.74, 6) is -0.458. The van der Waals surface area contributed by atoms with E-state index in [0.717, 1.165) is 5.56 Å². The summed E-state index contributed by atoms with van der Waals surface area (Å²) in [7, 11) is 0. The minimum Gasteiger partial charge on any atom is -0.324 e. The summed E-state index contributed by atoms with van der Waals surface area (Å²) in [6, 6.07) is 3.01. The molecule has 0 saturated heterocycles. The smallest absolute Gasteiger partial charge is 0.234 e. The molecule has 0 atom stereocenters. The lowest BCUT2D eigenvalue weighted by Gasteiger charge is -2.14. The standard InChI is InChI=1S/C10H9BrFNO/c1-10(2)5-3-4-6(12)7(11)8(5)13-9(10)14/h3-4H,1-2H3,(H,13,14). The summed E-state index contributed by atoms with van der Waals surface area (Å²) in [5.41, 5.74) is 0.807. The van der Waals surface area contributed by atoms with Crippen LogP contribution >= 0.6 is 15.9 Å². The average molecular weight is 258 g/mol. The van der Waals surface area contributed by atoms with Gasteiger partial charge in [-0.2, -0.15) is 0 Å². The second-order valence-corrected chi connectivity index (χ2v) is 4.66. The van der Waals surface area contributed by atoms with Crippen LogP contribution in [0.3, 0.4) is 0 Å². The molecule has 1 amide bonds. The molecule has 1 aliphatic rings. The van der Waals surface area contributed by atoms with Crippen molar-refractivity contribution in [2.45, 2.75) is 19.3 Å². The summed E-state index contributed by atoms with van der Waals surface area (Å²) in [4.78, 5) is 11.6. The molecule has 0 fully saturated rings. The van der Waals surface area contributed by atoms with Crippen LogP contribution in [0, 0.1) is 5.82 Å². The lowest BCUT2D eigenvalue weighted by Crippen LogP contribution is -2.26. The minimum atomic E-state index is -0.578. The average Bonchev–Trinajstić information content (AvgIpc) is 2.33. The van der Waals surface area contributed by atoms with Crippen LogP contribution in [0.2, 0.25) is 0 Å². The Bertz CT molecular complexity index is 428. The maximum absolute atomic E-state index is 13.2. The minimum absolute atomic E-state index is 0.0983. The highest BCUT2D eigenvalue weighted by Crippen LogP contribution is 2.42. The van der Waals surface area contributed by atoms with Crippen LogP contribution in [0.15, 0.2) is 16.6 Å². The molecule has 1 N–H and O–H groups in total. The van der Waals surface area contributed by atoms with Crippen LogP contribution in [0.5, 0.6) is 0 Å². The molecular weight excluding hydrogens is 249 g/mol. The zero-order valence-corrected chi connectivity index (χ0v) is 9.40. The van der Waals surface area contributed by atoms with E-state index in [4.69, 9.17) is 0 Å². The number of carbonyl (C=O) groups is 1. The van der Waals surface area contributed by atoms with Crippen molar-refractivity contribution in [3.63, 3.8) is 0 Å². The maximum atomic E-state index is 13.2. The first kappa shape index (κ1) is 9.65. The summed E-state index contributed by atoms with van der Waals surface area (Å²) in [6.07, 6.45) is 0. The third kappa shape index (κ3) is 1.10. The van der Waals surface area contributed by atoms with Crippen LogP contribution in [-0.4, -0.2) is 5.91 Å². The zero-order valence-electron chi connectivity index (χ0n) is 7.82. The van der Waals surface area contributed by atoms with Crippen molar-refractivity contribution < 1.29 is 9.18 Å². The second-order valence-electron chi connectivity index (χ2n) is 3.86. The van der Waals surface area contributed by atoms with Crippen LogP contribution in [0.25, 0.3) is 0 Å². The largest absolute Gasteiger partial charge is 0.324 e. The van der Waals surface area contributed by atoms with Gasteiger partial charge in [-0.25, -0.2) is 4.39 Å². The van der Waals surface area contributed by atoms with Gasteiger partial charge in [0.15, 0.2) is 0 Å². The number of rotatable bonds is 0. The molecule has 0 radical (unpaired) electrons. The molecular formula is C10H9BrFNO. The highest BCUT2D eigenvalue weighted by molar-refractivity contribution is 9.10. The van der Waals surface area contributed by atoms with Crippen LogP contribution in [-0.2, 0) is 10.2 Å². The third-order valence-corrected chi connectivity index (χ3v) is 3.35. The number of carbonyl (C=O) groups excluding carboxylic acids is 1. The van der Waals surface area contributed by atoms with Crippen molar-refractivity contribution in [3.8, 4) is 0 Å². The van der Waals surface area contributed by atoms with Crippen molar-refractivity contribution in [2.24, 2.45) is 0 Å². The van der Waals surface area contributed by atoms with Gasteiger partial charge >= 0.3 is 0 Å². The maximum Gasteiger partial charge on any atom is 0.234 e. The summed E-state index contributed by atoms with van der Waals surface area (Å²) in [5, 5.41) is 2.67. The Morgan fingerprint density at radius 2 is 2.07 bits per heavy atom. The summed E-state index contributed by atoms with van der Waals surface area (Å²) in [6.45, 7) is 3.64. The fourth-order valence-corrected chi connectivity index (χ4v) is 2.03. The number of anilines is 1. The fourth-order valence-electron chi connectivity index (χ4n) is 1.59. The number of hydrogen-bond acceptors (Lipinski definition) is 1. The number of nitrogens with one attached hydrogen (secondary N) is 1. The van der Waals surface area contributed by atoms with Gasteiger partial charge in [-0.15, -0.1) is 0 Å². The molecule has 1 heterocycles. The predicted octanol–water partition coefficient (Wildman–Crippen LogP) is 2.82. The van der Waals surface area contributed by atoms with E-state index in [1.54, 1.807) is 6.07 Å². The molecule has 2 rings (SSSR count). The van der Waals surface area contributed by atoms with E-state index in [9.17, 15) is 9.18 Å². The molecule has 1 aromatic carbocycles. The second kappa shape index (κ2) is 2.79. The molecule has 0 bridgehead atoms. The normalized spacial score (nSPS) is 17.9. The first-order chi connectivity index (χ1) is 6.44. The van der Waals surface area contributed by atoms with E-state index in [2.05, 4.69) is 21.2 Å². The van der Waals surface area contributed by atoms with Gasteiger partial charge < -0.3 is 5.32 Å². The molecule has 1 aliphatic heterocycles. The number of halogens is 2. The van der Waals surface area contributed by atoms with Crippen molar-refractivity contribution in [2.75, 3.05) is 5.32 Å². The Kier molecular flexibility index (Phi) is 1.93. The first-order valence-corrected chi connectivity index (χ1v) is 5.04. The Balaban J connectivity index is 2.70. The summed E-state index contributed by atoms with van der Waals surface area (Å²) >= 11 is 3.12. The molecule has 0 aliphatic carbocycles. The van der Waals surface area contributed by atoms with Gasteiger partial charge in [-0.3, -0.25) is 4.79 Å². The van der Waals surface area contributed by atoms with Crippen LogP contribution < -0.4 is 5.32 Å². The summed E-state index contributed by atoms with van der Waals surface area (Å²) < 4.78 is 13.5. The van der Waals surface area contributed by atoms with E-state index < -0.39 is 5.41 Å². The molecule has 0 saturated carbocycles. The lowest BCUT2D eigenvalue weighted by molar-refractivity contribution is -0.119. The number of fused-ring (bicyclic) bond motifs is 1. The Morgan fingerprint density at radius 3 is 2.71 bits per heavy atom. The van der Waals surface area contributed by atoms with Gasteiger partial charge in [0, 0.05) is 0 Å². The molecule has 0 unspecified atom stereocenters. The number of amides is 1. The highest BCUT2D eigenvalue weighted by atomic mass is 79.9. The lowest BCUT2D eigenvalue weighted by atomic mass is 9.86. The van der Waals surface area contributed by atoms with Gasteiger partial charge in [-0.1, -0.05) is 6.07 Å². The Hall–Kier alpha value is -0.900. The van der Waals surface area contributed by atoms with Crippen molar-refractivity contribution in [3.05, 3.63) is 28.0 Å². The van der Waals surface area contributed by atoms with Crippen molar-refractivity contribution >= 4 is 27.5 Å². The number of hydrogen-bond donors (Lipinski definition) is 1. The molecule has 2 nitrogen and oxygen atoms in total. The quantitative estimate of drug-likeness (QED) is 0.761. The zero-order chi connectivity index (χ0) is 10.5. The molecule has 4 heteroatoms. The van der Waals surface area contributed by atoms with Crippen LogP contribution in [0.4, 0.5) is 10.1 Å². The highest BCUT2D eigenvalue weighted by Gasteiger charge is 2.39. The molecule has 0 spiro atoms. The molecule has 1 aromatic rings. The van der Waals surface area contributed by atoms with Crippen LogP contribution in [0.1, 0.15) is 19.4 Å². The van der Waals surface area contributed by atoms with E-state index in [-0.39, 0.29) is 11.7 Å². The first-order valence-electron chi connectivity index (χ1n) is 4.24. The van der Waals surface area contributed by atoms with Crippen molar-refractivity contribution in [1.82, 2.24) is 0 Å². The Morgan fingerprint density at radius 1 is 1.43 bits per heavy atom. The third-order valence-electron chi connectivity index (χ3n) is 2.57. The van der Waals surface area contributed by atoms with Gasteiger partial charge in [0.1, 0.15) is 5.82 Å².